The van der Waals surface area contributed by atoms with Crippen LogP contribution < -0.4 is 4.74 Å². The van der Waals surface area contributed by atoms with Gasteiger partial charge in [0.05, 0.1) is 31.3 Å². The number of carbonyl (C=O) groups is 2. The first-order valence-corrected chi connectivity index (χ1v) is 13.7. The van der Waals surface area contributed by atoms with E-state index in [1.54, 1.807) is 49.5 Å². The second-order valence-electron chi connectivity index (χ2n) is 11.5. The lowest BCUT2D eigenvalue weighted by molar-refractivity contribution is 0.0354. The van der Waals surface area contributed by atoms with Crippen molar-refractivity contribution in [3.63, 3.8) is 0 Å². The molecular weight excluding hydrogens is 532 g/mol. The number of likely N-dealkylation sites (N-methyl/N-ethyl adjacent to an activating group) is 1. The minimum Gasteiger partial charge on any atom is -0.496 e. The van der Waals surface area contributed by atoms with Crippen LogP contribution in [0.2, 0.25) is 0 Å². The van der Waals surface area contributed by atoms with Gasteiger partial charge in [0, 0.05) is 42.8 Å². The molecule has 41 heavy (non-hydrogen) atoms. The Hall–Kier alpha value is -3.50. The number of hydrogen-bond acceptors (Lipinski definition) is 7. The maximum absolute atomic E-state index is 14.2. The van der Waals surface area contributed by atoms with Gasteiger partial charge in [-0.3, -0.25) is 14.4 Å². The normalized spacial score (nSPS) is 18.9. The van der Waals surface area contributed by atoms with Crippen molar-refractivity contribution in [1.82, 2.24) is 14.4 Å². The van der Waals surface area contributed by atoms with E-state index in [4.69, 9.17) is 14.2 Å². The number of benzene rings is 2. The number of fused-ring (bicyclic) bond motifs is 1. The van der Waals surface area contributed by atoms with Gasteiger partial charge in [-0.15, -0.1) is 0 Å². The maximum atomic E-state index is 14.2. The minimum absolute atomic E-state index is 0.196. The average molecular weight is 572 g/mol. The molecule has 1 saturated heterocycles. The molecule has 0 N–H and O–H groups in total. The van der Waals surface area contributed by atoms with Gasteiger partial charge in [-0.05, 0) is 76.6 Å². The molecule has 2 atom stereocenters. The number of ether oxygens (including phenoxy) is 3. The lowest BCUT2D eigenvalue weighted by Crippen LogP contribution is -2.38. The molecule has 0 bridgehead atoms. The summed E-state index contributed by atoms with van der Waals surface area (Å²) < 4.78 is 46.1. The molecule has 0 amide bonds. The molecule has 0 spiro atoms. The van der Waals surface area contributed by atoms with Crippen LogP contribution in [-0.2, 0) is 16.0 Å². The van der Waals surface area contributed by atoms with E-state index in [0.717, 1.165) is 22.1 Å². The highest BCUT2D eigenvalue weighted by Crippen LogP contribution is 2.38. The second-order valence-corrected chi connectivity index (χ2v) is 11.5. The summed E-state index contributed by atoms with van der Waals surface area (Å²) in [5.41, 5.74) is 2.97. The molecule has 2 heterocycles. The molecule has 1 aliphatic heterocycles. The summed E-state index contributed by atoms with van der Waals surface area (Å²) in [5, 5.41) is 0.829. The Kier molecular flexibility index (Phi) is 9.03. The van der Waals surface area contributed by atoms with Crippen molar-refractivity contribution in [1.29, 1.82) is 0 Å². The van der Waals surface area contributed by atoms with Gasteiger partial charge in [0.2, 0.25) is 0 Å². The smallest absolute Gasteiger partial charge is 0.419 e. The van der Waals surface area contributed by atoms with Crippen molar-refractivity contribution in [2.75, 3.05) is 34.4 Å². The van der Waals surface area contributed by atoms with Gasteiger partial charge in [-0.2, -0.15) is 0 Å². The fourth-order valence-electron chi connectivity index (χ4n) is 5.53. The summed E-state index contributed by atoms with van der Waals surface area (Å²) in [7, 11) is 4.64. The van der Waals surface area contributed by atoms with Crippen molar-refractivity contribution in [3.8, 4) is 5.75 Å². The average Bonchev–Trinajstić information content (AvgIpc) is 3.30. The molecule has 4 rings (SSSR count). The number of nitrogens with zero attached hydrogens (tertiary/aromatic N) is 3. The summed E-state index contributed by atoms with van der Waals surface area (Å²) in [6, 6.07) is 9.41. The predicted molar refractivity (Wildman–Crippen MR) is 153 cm³/mol. The Bertz CT molecular complexity index is 1400. The summed E-state index contributed by atoms with van der Waals surface area (Å²) in [5.74, 6) is 0.195. The number of aryl methyl sites for hydroxylation is 1. The van der Waals surface area contributed by atoms with E-state index in [9.17, 15) is 18.4 Å². The highest BCUT2D eigenvalue weighted by molar-refractivity contribution is 5.95. The third-order valence-corrected chi connectivity index (χ3v) is 7.62. The number of esters is 1. The topological polar surface area (TPSA) is 73.2 Å². The minimum atomic E-state index is -2.51. The first kappa shape index (κ1) is 30.5. The van der Waals surface area contributed by atoms with Crippen molar-refractivity contribution in [2.45, 2.75) is 64.8 Å². The van der Waals surface area contributed by atoms with Gasteiger partial charge in [-0.25, -0.2) is 18.4 Å². The molecule has 2 unspecified atom stereocenters. The van der Waals surface area contributed by atoms with E-state index in [-0.39, 0.29) is 12.5 Å². The predicted octanol–water partition coefficient (Wildman–Crippen LogP) is 6.04. The van der Waals surface area contributed by atoms with Crippen LogP contribution in [0, 0.1) is 6.92 Å². The van der Waals surface area contributed by atoms with Gasteiger partial charge in [0.1, 0.15) is 11.4 Å². The Morgan fingerprint density at radius 3 is 2.34 bits per heavy atom. The van der Waals surface area contributed by atoms with Crippen LogP contribution in [0.25, 0.3) is 10.9 Å². The fourth-order valence-corrected chi connectivity index (χ4v) is 5.53. The van der Waals surface area contributed by atoms with Gasteiger partial charge in [0.15, 0.2) is 0 Å². The quantitative estimate of drug-likeness (QED) is 0.334. The maximum Gasteiger partial charge on any atom is 0.419 e. The summed E-state index contributed by atoms with van der Waals surface area (Å²) >= 11 is 0. The van der Waals surface area contributed by atoms with Crippen LogP contribution in [0.3, 0.4) is 0 Å². The van der Waals surface area contributed by atoms with Gasteiger partial charge >= 0.3 is 12.1 Å². The summed E-state index contributed by atoms with van der Waals surface area (Å²) in [6.07, 6.45) is -1.10. The third-order valence-electron chi connectivity index (χ3n) is 7.62. The van der Waals surface area contributed by atoms with E-state index >= 15 is 0 Å². The largest absolute Gasteiger partial charge is 0.496 e. The Labute approximate surface area is 239 Å². The molecule has 1 aliphatic rings. The molecule has 1 aromatic heterocycles. The number of aromatic nitrogens is 1. The van der Waals surface area contributed by atoms with Crippen LogP contribution in [0.4, 0.5) is 13.6 Å². The van der Waals surface area contributed by atoms with Crippen LogP contribution >= 0.6 is 0 Å². The molecule has 0 radical (unpaired) electrons. The number of rotatable bonds is 6. The number of methoxy groups -OCH3 is 2. The molecule has 0 saturated carbocycles. The SMILES string of the molecule is COC(=O)c1ccc(C2CC(C(F)F)N(C)CCN2Cc2c(OC)cc(C)c3c2ccn3C(=O)OC(C)(C)C)cc1. The van der Waals surface area contributed by atoms with Crippen LogP contribution in [0.5, 0.6) is 5.75 Å². The zero-order valence-electron chi connectivity index (χ0n) is 24.7. The highest BCUT2D eigenvalue weighted by Gasteiger charge is 2.36. The lowest BCUT2D eigenvalue weighted by Gasteiger charge is -2.32. The fraction of sp³-hybridized carbons (Fsp3) is 0.484. The van der Waals surface area contributed by atoms with Crippen LogP contribution in [0.1, 0.15) is 60.3 Å². The Morgan fingerprint density at radius 1 is 1.07 bits per heavy atom. The van der Waals surface area contributed by atoms with Gasteiger partial charge in [-0.1, -0.05) is 12.1 Å². The zero-order valence-corrected chi connectivity index (χ0v) is 24.7. The lowest BCUT2D eigenvalue weighted by atomic mass is 9.96. The van der Waals surface area contributed by atoms with Crippen molar-refractivity contribution >= 4 is 23.0 Å². The Balaban J connectivity index is 1.79. The van der Waals surface area contributed by atoms with E-state index in [2.05, 4.69) is 4.90 Å². The monoisotopic (exact) mass is 571 g/mol. The number of halogens is 2. The third kappa shape index (κ3) is 6.54. The number of alkyl halides is 2. The highest BCUT2D eigenvalue weighted by atomic mass is 19.3. The van der Waals surface area contributed by atoms with Crippen molar-refractivity contribution in [3.05, 3.63) is 64.8 Å². The molecule has 0 aliphatic carbocycles. The van der Waals surface area contributed by atoms with Gasteiger partial charge in [0.25, 0.3) is 6.43 Å². The molecule has 222 valence electrons. The van der Waals surface area contributed by atoms with Crippen LogP contribution in [0.15, 0.2) is 42.6 Å². The first-order chi connectivity index (χ1) is 19.3. The first-order valence-electron chi connectivity index (χ1n) is 13.7. The second kappa shape index (κ2) is 12.2. The molecule has 2 aromatic carbocycles. The number of hydrogen-bond donors (Lipinski definition) is 0. The van der Waals surface area contributed by atoms with Gasteiger partial charge < -0.3 is 14.2 Å². The van der Waals surface area contributed by atoms with E-state index < -0.39 is 30.1 Å². The Morgan fingerprint density at radius 2 is 1.76 bits per heavy atom. The van der Waals surface area contributed by atoms with E-state index in [0.29, 0.717) is 36.5 Å². The van der Waals surface area contributed by atoms with Crippen molar-refractivity contribution < 1.29 is 32.6 Å². The number of carbonyl (C=O) groups excluding carboxylic acids is 2. The molecule has 3 aromatic rings. The molecular formula is C31H39F2N3O5. The summed E-state index contributed by atoms with van der Waals surface area (Å²) in [4.78, 5) is 28.9. The summed E-state index contributed by atoms with van der Waals surface area (Å²) in [6.45, 7) is 8.73. The standard InChI is InChI=1S/C31H39F2N3O5/c1-19-16-26(39-6)23(22-12-13-36(27(19)22)30(38)41-31(2,3)4)18-35-15-14-34(5)25(28(32)33)17-24(35)20-8-10-21(11-9-20)29(37)40-7/h8-13,16,24-25,28H,14-15,17-18H2,1-7H3. The van der Waals surface area contributed by atoms with Crippen LogP contribution in [-0.4, -0.2) is 78.9 Å². The van der Waals surface area contributed by atoms with E-state index in [1.165, 1.54) is 11.7 Å². The van der Waals surface area contributed by atoms with E-state index in [1.807, 2.05) is 39.8 Å². The molecule has 10 heteroatoms. The van der Waals surface area contributed by atoms with Crippen molar-refractivity contribution in [2.24, 2.45) is 0 Å². The molecule has 1 fully saturated rings. The zero-order chi connectivity index (χ0) is 30.1. The molecule has 8 nitrogen and oxygen atoms in total.